The molecule has 1 aromatic heterocycles. The van der Waals surface area contributed by atoms with Crippen molar-refractivity contribution < 1.29 is 17.9 Å². The molecule has 1 aliphatic heterocycles. The van der Waals surface area contributed by atoms with E-state index in [1.165, 1.54) is 0 Å². The van der Waals surface area contributed by atoms with E-state index in [9.17, 15) is 13.2 Å². The molecule has 0 bridgehead atoms. The number of carbonyl (C=O) groups is 1. The first-order valence-corrected chi connectivity index (χ1v) is 13.0. The number of rotatable bonds is 7. The first-order valence-electron chi connectivity index (χ1n) is 11.2. The van der Waals surface area contributed by atoms with E-state index >= 15 is 0 Å². The van der Waals surface area contributed by atoms with Crippen molar-refractivity contribution in [2.75, 3.05) is 36.5 Å². The van der Waals surface area contributed by atoms with Crippen LogP contribution in [0.5, 0.6) is 5.75 Å². The largest absolute Gasteiger partial charge is 0.497 e. The van der Waals surface area contributed by atoms with E-state index < -0.39 is 10.0 Å². The van der Waals surface area contributed by atoms with Crippen molar-refractivity contribution in [3.63, 3.8) is 0 Å². The molecule has 0 atom stereocenters. The van der Waals surface area contributed by atoms with Crippen molar-refractivity contribution in [3.05, 3.63) is 48.0 Å². The van der Waals surface area contributed by atoms with E-state index in [4.69, 9.17) is 4.74 Å². The summed E-state index contributed by atoms with van der Waals surface area (Å²) in [5.74, 6) is 1.66. The van der Waals surface area contributed by atoms with Gasteiger partial charge >= 0.3 is 0 Å². The Morgan fingerprint density at radius 3 is 2.29 bits per heavy atom. The summed E-state index contributed by atoms with van der Waals surface area (Å²) in [6.45, 7) is 3.13. The number of piperidine rings is 1. The molecule has 0 saturated carbocycles. The fraction of sp³-hybridized carbons (Fsp3) is 0.375. The number of anilines is 3. The van der Waals surface area contributed by atoms with Gasteiger partial charge in [0.1, 0.15) is 5.75 Å². The number of hydrogen-bond acceptors (Lipinski definition) is 7. The summed E-state index contributed by atoms with van der Waals surface area (Å²) in [6, 6.07) is 13.1. The number of para-hydroxylation sites is 2. The van der Waals surface area contributed by atoms with Crippen LogP contribution in [0.15, 0.2) is 42.5 Å². The zero-order valence-electron chi connectivity index (χ0n) is 20.5. The minimum atomic E-state index is -3.57. The van der Waals surface area contributed by atoms with Gasteiger partial charge in [-0.2, -0.15) is 0 Å². The van der Waals surface area contributed by atoms with Crippen LogP contribution in [0.1, 0.15) is 25.3 Å². The van der Waals surface area contributed by atoms with Gasteiger partial charge in [0.25, 0.3) is 0 Å². The second-order valence-corrected chi connectivity index (χ2v) is 10.3. The number of aromatic nitrogens is 2. The summed E-state index contributed by atoms with van der Waals surface area (Å²) in [7, 11) is -1.97. The van der Waals surface area contributed by atoms with Crippen LogP contribution < -0.4 is 14.8 Å². The van der Waals surface area contributed by atoms with E-state index in [2.05, 4.69) is 20.0 Å². The number of nitrogens with zero attached hydrogens (tertiary/aromatic N) is 3. The van der Waals surface area contributed by atoms with Gasteiger partial charge in [0.15, 0.2) is 11.6 Å². The van der Waals surface area contributed by atoms with Crippen LogP contribution in [-0.4, -0.2) is 107 Å². The average Bonchev–Trinajstić information content (AvgIpc) is 2.80. The third-order valence-electron chi connectivity index (χ3n) is 5.99. The van der Waals surface area contributed by atoms with Gasteiger partial charge < -0.3 is 15.0 Å². The molecule has 181 valence electrons. The van der Waals surface area contributed by atoms with Gasteiger partial charge in [0.2, 0.25) is 15.9 Å². The van der Waals surface area contributed by atoms with Gasteiger partial charge in [0, 0.05) is 83.2 Å². The average molecular weight is 523 g/mol. The zero-order chi connectivity index (χ0) is 24.3. The molecule has 4 rings (SSSR count). The Kier molecular flexibility index (Phi) is 9.52. The predicted octanol–water partition coefficient (Wildman–Crippen LogP) is 3.17. The maximum atomic E-state index is 12.0. The molecule has 0 unspecified atom stereocenters. The molecule has 0 aliphatic carbocycles. The molecular formula is C24H29KN5O4S. The number of likely N-dealkylation sites (tertiary alicyclic amines) is 1. The molecule has 2 N–H and O–H groups in total. The topological polar surface area (TPSA) is 114 Å². The van der Waals surface area contributed by atoms with Crippen molar-refractivity contribution in [2.45, 2.75) is 26.2 Å². The Bertz CT molecular complexity index is 1310. The third-order valence-corrected chi connectivity index (χ3v) is 6.56. The Balaban J connectivity index is 0.00000342. The van der Waals surface area contributed by atoms with Crippen molar-refractivity contribution in [1.29, 1.82) is 0 Å². The molecular weight excluding hydrogens is 493 g/mol. The van der Waals surface area contributed by atoms with Crippen molar-refractivity contribution in [1.82, 2.24) is 14.9 Å². The SMILES string of the molecule is COc1ccc(CC2CCN(C(C)=O)CC2)c(Nc2nc3ccccc3nc2NS(C)(=O)=O)c1.[K]. The van der Waals surface area contributed by atoms with Crippen LogP contribution in [0.2, 0.25) is 0 Å². The summed E-state index contributed by atoms with van der Waals surface area (Å²) in [5, 5.41) is 3.30. The molecule has 1 aliphatic rings. The Morgan fingerprint density at radius 1 is 1.09 bits per heavy atom. The number of hydrogen-bond donors (Lipinski definition) is 2. The number of nitrogens with one attached hydrogen (secondary N) is 2. The van der Waals surface area contributed by atoms with Gasteiger partial charge in [-0.15, -0.1) is 0 Å². The fourth-order valence-electron chi connectivity index (χ4n) is 4.20. The smallest absolute Gasteiger partial charge is 0.231 e. The molecule has 3 aromatic rings. The predicted molar refractivity (Wildman–Crippen MR) is 139 cm³/mol. The normalized spacial score (nSPS) is 14.3. The third kappa shape index (κ3) is 7.37. The molecule has 2 heterocycles. The molecule has 9 nitrogen and oxygen atoms in total. The second-order valence-electron chi connectivity index (χ2n) is 8.59. The molecule has 1 radical (unpaired) electrons. The van der Waals surface area contributed by atoms with Gasteiger partial charge in [-0.25, -0.2) is 18.4 Å². The summed E-state index contributed by atoms with van der Waals surface area (Å²) in [5.41, 5.74) is 3.06. The van der Waals surface area contributed by atoms with Crippen LogP contribution in [0.3, 0.4) is 0 Å². The number of fused-ring (bicyclic) bond motifs is 1. The summed E-state index contributed by atoms with van der Waals surface area (Å²) in [6.07, 6.45) is 3.76. The number of benzene rings is 2. The molecule has 11 heteroatoms. The van der Waals surface area contributed by atoms with Gasteiger partial charge in [-0.05, 0) is 48.9 Å². The Morgan fingerprint density at radius 2 is 1.71 bits per heavy atom. The number of ether oxygens (including phenoxy) is 1. The number of sulfonamides is 1. The fourth-order valence-corrected chi connectivity index (χ4v) is 4.69. The van der Waals surface area contributed by atoms with Crippen LogP contribution in [0.4, 0.5) is 17.3 Å². The molecule has 1 fully saturated rings. The zero-order valence-corrected chi connectivity index (χ0v) is 24.5. The van der Waals surface area contributed by atoms with Crippen LogP contribution >= 0.6 is 0 Å². The second kappa shape index (κ2) is 12.0. The molecule has 35 heavy (non-hydrogen) atoms. The van der Waals surface area contributed by atoms with E-state index in [-0.39, 0.29) is 63.1 Å². The van der Waals surface area contributed by atoms with Gasteiger partial charge in [-0.3, -0.25) is 9.52 Å². The first-order chi connectivity index (χ1) is 16.2. The van der Waals surface area contributed by atoms with E-state index in [0.29, 0.717) is 28.5 Å². The standard InChI is InChI=1S/C24H29N5O4S.K/c1-16(30)29-12-10-17(11-13-29)14-18-8-9-19(33-2)15-22(18)27-23-24(28-34(3,31)32)26-21-7-5-4-6-20(21)25-23;/h4-9,15,17H,10-14H2,1-3H3,(H,25,27)(H,26,28);. The summed E-state index contributed by atoms with van der Waals surface area (Å²) in [4.78, 5) is 22.7. The maximum absolute atomic E-state index is 12.0. The first kappa shape index (κ1) is 27.8. The van der Waals surface area contributed by atoms with Crippen LogP contribution in [0, 0.1) is 5.92 Å². The van der Waals surface area contributed by atoms with Crippen molar-refractivity contribution >= 4 is 95.7 Å². The quantitative estimate of drug-likeness (QED) is 0.458. The molecule has 2 aromatic carbocycles. The van der Waals surface area contributed by atoms with E-state index in [1.54, 1.807) is 20.1 Å². The Labute approximate surface area is 248 Å². The molecule has 1 saturated heterocycles. The number of amides is 1. The van der Waals surface area contributed by atoms with Crippen molar-refractivity contribution in [2.24, 2.45) is 5.92 Å². The summed E-state index contributed by atoms with van der Waals surface area (Å²) >= 11 is 0. The van der Waals surface area contributed by atoms with E-state index in [1.807, 2.05) is 41.3 Å². The number of methoxy groups -OCH3 is 1. The van der Waals surface area contributed by atoms with Gasteiger partial charge in [-0.1, -0.05) is 18.2 Å². The molecule has 0 spiro atoms. The Hall–Kier alpha value is -1.76. The minimum absolute atomic E-state index is 0. The monoisotopic (exact) mass is 522 g/mol. The van der Waals surface area contributed by atoms with Crippen LogP contribution in [0.25, 0.3) is 11.0 Å². The van der Waals surface area contributed by atoms with Crippen LogP contribution in [-0.2, 0) is 21.2 Å². The van der Waals surface area contributed by atoms with Crippen molar-refractivity contribution in [3.8, 4) is 5.75 Å². The number of carbonyl (C=O) groups excluding carboxylic acids is 1. The van der Waals surface area contributed by atoms with Gasteiger partial charge in [0.05, 0.1) is 24.4 Å². The minimum Gasteiger partial charge on any atom is -0.497 e. The molecule has 1 amide bonds. The maximum Gasteiger partial charge on any atom is 0.231 e. The summed E-state index contributed by atoms with van der Waals surface area (Å²) < 4.78 is 31.9. The van der Waals surface area contributed by atoms with E-state index in [0.717, 1.165) is 49.9 Å².